The van der Waals surface area contributed by atoms with E-state index in [1.54, 1.807) is 24.5 Å². The van der Waals surface area contributed by atoms with E-state index in [2.05, 4.69) is 14.7 Å². The normalized spacial score (nSPS) is 12.8. The van der Waals surface area contributed by atoms with E-state index in [0.717, 1.165) is 32.7 Å². The third-order valence-electron chi connectivity index (χ3n) is 4.74. The molecule has 3 N–H and O–H groups in total. The van der Waals surface area contributed by atoms with Gasteiger partial charge in [-0.1, -0.05) is 29.8 Å². The number of fused-ring (bicyclic) bond motifs is 1. The molecule has 9 heteroatoms. The summed E-state index contributed by atoms with van der Waals surface area (Å²) >= 11 is 1.10. The third-order valence-corrected chi connectivity index (χ3v) is 7.84. The van der Waals surface area contributed by atoms with Gasteiger partial charge in [-0.2, -0.15) is 4.72 Å². The minimum atomic E-state index is -3.99. The number of pyridine rings is 1. The molecule has 4 rings (SSSR count). The van der Waals surface area contributed by atoms with Gasteiger partial charge in [0.1, 0.15) is 15.9 Å². The second kappa shape index (κ2) is 8.02. The quantitative estimate of drug-likeness (QED) is 0.406. The zero-order valence-electron chi connectivity index (χ0n) is 16.0. The predicted octanol–water partition coefficient (Wildman–Crippen LogP) is 3.57. The summed E-state index contributed by atoms with van der Waals surface area (Å²) in [5.74, 6) is -1.24. The molecule has 0 saturated heterocycles. The number of benzene rings is 1. The maximum absolute atomic E-state index is 12.9. The molecule has 0 unspecified atom stereocenters. The van der Waals surface area contributed by atoms with Crippen molar-refractivity contribution in [2.75, 3.05) is 0 Å². The van der Waals surface area contributed by atoms with Crippen LogP contribution in [0.25, 0.3) is 21.5 Å². The van der Waals surface area contributed by atoms with Crippen LogP contribution in [0.4, 0.5) is 0 Å². The molecule has 30 heavy (non-hydrogen) atoms. The lowest BCUT2D eigenvalue weighted by atomic mass is 10.1. The predicted molar refractivity (Wildman–Crippen MR) is 116 cm³/mol. The lowest BCUT2D eigenvalue weighted by molar-refractivity contribution is -0.138. The summed E-state index contributed by atoms with van der Waals surface area (Å²) < 4.78 is 28.1. The highest BCUT2D eigenvalue weighted by molar-refractivity contribution is 7.91. The van der Waals surface area contributed by atoms with Crippen molar-refractivity contribution in [1.82, 2.24) is 14.7 Å². The number of hydrogen-bond donors (Lipinski definition) is 3. The van der Waals surface area contributed by atoms with Crippen LogP contribution in [0.1, 0.15) is 11.1 Å². The average molecular weight is 442 g/mol. The number of nitrogens with zero attached hydrogens (tertiary/aromatic N) is 1. The highest BCUT2D eigenvalue weighted by atomic mass is 32.2. The molecule has 0 amide bonds. The lowest BCUT2D eigenvalue weighted by Crippen LogP contribution is -2.41. The van der Waals surface area contributed by atoms with E-state index in [0.29, 0.717) is 11.2 Å². The Morgan fingerprint density at radius 3 is 2.70 bits per heavy atom. The molecule has 0 saturated carbocycles. The van der Waals surface area contributed by atoms with Crippen LogP contribution in [-0.4, -0.2) is 35.5 Å². The molecule has 7 nitrogen and oxygen atoms in total. The van der Waals surface area contributed by atoms with Gasteiger partial charge >= 0.3 is 5.97 Å². The van der Waals surface area contributed by atoms with Crippen molar-refractivity contribution < 1.29 is 18.3 Å². The fourth-order valence-corrected chi connectivity index (χ4v) is 5.68. The van der Waals surface area contributed by atoms with Crippen molar-refractivity contribution in [1.29, 1.82) is 0 Å². The molecular weight excluding hydrogens is 422 g/mol. The van der Waals surface area contributed by atoms with Gasteiger partial charge in [0.05, 0.1) is 0 Å². The minimum absolute atomic E-state index is 0.00352. The van der Waals surface area contributed by atoms with Gasteiger partial charge in [0, 0.05) is 29.1 Å². The first-order valence-electron chi connectivity index (χ1n) is 9.16. The molecule has 1 aromatic carbocycles. The van der Waals surface area contributed by atoms with Crippen LogP contribution >= 0.6 is 11.3 Å². The van der Waals surface area contributed by atoms with E-state index in [9.17, 15) is 18.3 Å². The highest BCUT2D eigenvalue weighted by Crippen LogP contribution is 2.31. The number of aliphatic carboxylic acids is 1. The number of H-pyrrole nitrogens is 1. The number of aromatic amines is 1. The van der Waals surface area contributed by atoms with Crippen molar-refractivity contribution in [2.24, 2.45) is 0 Å². The Hall–Kier alpha value is -3.01. The number of hydrogen-bond acceptors (Lipinski definition) is 5. The Labute approximate surface area is 177 Å². The Morgan fingerprint density at radius 2 is 1.97 bits per heavy atom. The first-order valence-corrected chi connectivity index (χ1v) is 11.5. The van der Waals surface area contributed by atoms with Gasteiger partial charge in [0.15, 0.2) is 0 Å². The van der Waals surface area contributed by atoms with Crippen molar-refractivity contribution in [3.63, 3.8) is 0 Å². The fourth-order valence-electron chi connectivity index (χ4n) is 3.16. The molecule has 0 bridgehead atoms. The number of rotatable bonds is 7. The van der Waals surface area contributed by atoms with Crippen molar-refractivity contribution >= 4 is 38.4 Å². The van der Waals surface area contributed by atoms with Gasteiger partial charge < -0.3 is 10.1 Å². The molecule has 0 aliphatic heterocycles. The average Bonchev–Trinajstić information content (AvgIpc) is 3.36. The second-order valence-electron chi connectivity index (χ2n) is 6.91. The Bertz CT molecular complexity index is 1310. The highest BCUT2D eigenvalue weighted by Gasteiger charge is 2.27. The van der Waals surface area contributed by atoms with Gasteiger partial charge in [-0.25, -0.2) is 13.4 Å². The molecule has 0 aliphatic rings. The number of aromatic nitrogens is 2. The van der Waals surface area contributed by atoms with Crippen LogP contribution in [-0.2, 0) is 21.2 Å². The first kappa shape index (κ1) is 20.3. The van der Waals surface area contributed by atoms with Crippen molar-refractivity contribution in [2.45, 2.75) is 23.6 Å². The summed E-state index contributed by atoms with van der Waals surface area (Å²) in [5.41, 5.74) is 3.33. The zero-order chi connectivity index (χ0) is 21.3. The number of thiophene rings is 1. The number of carboxylic acids is 1. The smallest absolute Gasteiger partial charge is 0.322 e. The third kappa shape index (κ3) is 4.13. The molecular formula is C21H19N3O4S2. The summed E-state index contributed by atoms with van der Waals surface area (Å²) in [6, 6.07) is 13.2. The molecule has 0 spiro atoms. The molecule has 4 aromatic rings. The van der Waals surface area contributed by atoms with E-state index < -0.39 is 22.0 Å². The van der Waals surface area contributed by atoms with E-state index in [4.69, 9.17) is 0 Å². The van der Waals surface area contributed by atoms with E-state index in [1.807, 2.05) is 37.3 Å². The monoisotopic (exact) mass is 441 g/mol. The zero-order valence-corrected chi connectivity index (χ0v) is 17.6. The minimum Gasteiger partial charge on any atom is -0.480 e. The topological polar surface area (TPSA) is 112 Å². The summed E-state index contributed by atoms with van der Waals surface area (Å²) in [7, 11) is -3.99. The van der Waals surface area contributed by atoms with Gasteiger partial charge in [0.25, 0.3) is 10.0 Å². The van der Waals surface area contributed by atoms with Crippen LogP contribution in [0.15, 0.2) is 65.1 Å². The van der Waals surface area contributed by atoms with Crippen molar-refractivity contribution in [3.05, 3.63) is 72.1 Å². The number of carboxylic acid groups (broad SMARTS) is 1. The first-order chi connectivity index (χ1) is 14.3. The van der Waals surface area contributed by atoms with Crippen LogP contribution in [0.3, 0.4) is 0 Å². The summed E-state index contributed by atoms with van der Waals surface area (Å²) in [4.78, 5) is 19.7. The fraction of sp³-hybridized carbons (Fsp3) is 0.143. The van der Waals surface area contributed by atoms with Crippen LogP contribution in [0.5, 0.6) is 0 Å². The summed E-state index contributed by atoms with van der Waals surface area (Å²) in [6.07, 6.45) is 3.28. The molecule has 154 valence electrons. The van der Waals surface area contributed by atoms with Gasteiger partial charge in [-0.05, 0) is 42.3 Å². The summed E-state index contributed by atoms with van der Waals surface area (Å²) in [5, 5.41) is 10.4. The summed E-state index contributed by atoms with van der Waals surface area (Å²) in [6.45, 7) is 1.98. The molecule has 3 heterocycles. The number of nitrogens with one attached hydrogen (secondary N) is 2. The molecule has 0 aliphatic carbocycles. The van der Waals surface area contributed by atoms with Crippen LogP contribution in [0.2, 0.25) is 0 Å². The molecule has 1 atom stereocenters. The molecule has 3 aromatic heterocycles. The van der Waals surface area contributed by atoms with Crippen LogP contribution < -0.4 is 4.72 Å². The van der Waals surface area contributed by atoms with Gasteiger partial charge in [-0.3, -0.25) is 4.79 Å². The number of aryl methyl sites for hydroxylation is 1. The number of sulfonamides is 1. The lowest BCUT2D eigenvalue weighted by Gasteiger charge is -2.13. The van der Waals surface area contributed by atoms with Gasteiger partial charge in [0.2, 0.25) is 0 Å². The number of carbonyl (C=O) groups is 1. The largest absolute Gasteiger partial charge is 0.480 e. The maximum Gasteiger partial charge on any atom is 0.322 e. The van der Waals surface area contributed by atoms with E-state index >= 15 is 0 Å². The van der Waals surface area contributed by atoms with Crippen molar-refractivity contribution in [3.8, 4) is 10.4 Å². The van der Waals surface area contributed by atoms with E-state index in [-0.39, 0.29) is 10.6 Å². The van der Waals surface area contributed by atoms with E-state index in [1.165, 1.54) is 6.07 Å². The Morgan fingerprint density at radius 1 is 1.20 bits per heavy atom. The van der Waals surface area contributed by atoms with Gasteiger partial charge in [-0.15, -0.1) is 11.3 Å². The SMILES string of the molecule is Cc1ccc(-c2ccc(S(=O)(=O)N[C@@H](Cc3c[nH]c4ncccc34)C(=O)O)s2)cc1. The van der Waals surface area contributed by atoms with Crippen LogP contribution in [0, 0.1) is 6.92 Å². The Kier molecular flexibility index (Phi) is 5.42. The molecule has 0 radical (unpaired) electrons. The standard InChI is InChI=1S/C21H19N3O4S2/c1-13-4-6-14(7-5-13)18-8-9-19(29-18)30(27,28)24-17(21(25)26)11-15-12-23-20-16(15)3-2-10-22-20/h2-10,12,17,24H,11H2,1H3,(H,22,23)(H,25,26)/t17-/m0/s1. The maximum atomic E-state index is 12.9. The Balaban J connectivity index is 1.57. The second-order valence-corrected chi connectivity index (χ2v) is 9.94. The molecule has 0 fully saturated rings.